The van der Waals surface area contributed by atoms with Crippen molar-refractivity contribution in [3.63, 3.8) is 0 Å². The van der Waals surface area contributed by atoms with Crippen molar-refractivity contribution in [3.8, 4) is 5.75 Å². The summed E-state index contributed by atoms with van der Waals surface area (Å²) in [5, 5.41) is 3.35. The molecule has 1 amide bonds. The second-order valence-corrected chi connectivity index (χ2v) is 9.05. The van der Waals surface area contributed by atoms with Crippen LogP contribution in [0.2, 0.25) is 5.02 Å². The van der Waals surface area contributed by atoms with E-state index in [4.69, 9.17) is 16.3 Å². The van der Waals surface area contributed by atoms with Gasteiger partial charge in [0.2, 0.25) is 10.0 Å². The first kappa shape index (κ1) is 20.6. The van der Waals surface area contributed by atoms with Gasteiger partial charge in [0, 0.05) is 24.2 Å². The van der Waals surface area contributed by atoms with Crippen molar-refractivity contribution in [1.82, 2.24) is 9.62 Å². The number of piperidine rings is 1. The highest BCUT2D eigenvalue weighted by atomic mass is 35.5. The van der Waals surface area contributed by atoms with Gasteiger partial charge in [-0.15, -0.1) is 0 Å². The topological polar surface area (TPSA) is 75.7 Å². The molecule has 8 heteroatoms. The SMILES string of the molecule is COc1ccccc1C(=O)N[C@H]1CCCN(S(=O)(=O)c2cccc(Cl)c2C)C1. The Morgan fingerprint density at radius 1 is 1.21 bits per heavy atom. The van der Waals surface area contributed by atoms with Gasteiger partial charge in [0.15, 0.2) is 0 Å². The van der Waals surface area contributed by atoms with E-state index in [1.54, 1.807) is 49.4 Å². The van der Waals surface area contributed by atoms with E-state index in [1.165, 1.54) is 11.4 Å². The Hall–Kier alpha value is -2.09. The number of amides is 1. The van der Waals surface area contributed by atoms with E-state index in [0.717, 1.165) is 0 Å². The fourth-order valence-electron chi connectivity index (χ4n) is 3.38. The van der Waals surface area contributed by atoms with Gasteiger partial charge >= 0.3 is 0 Å². The van der Waals surface area contributed by atoms with E-state index in [9.17, 15) is 13.2 Å². The molecule has 1 aliphatic rings. The molecule has 6 nitrogen and oxygen atoms in total. The Bertz CT molecular complexity index is 978. The molecule has 1 heterocycles. The summed E-state index contributed by atoms with van der Waals surface area (Å²) in [6, 6.07) is 11.5. The zero-order valence-electron chi connectivity index (χ0n) is 15.8. The molecule has 1 aliphatic heterocycles. The van der Waals surface area contributed by atoms with Crippen molar-refractivity contribution in [2.24, 2.45) is 0 Å². The molecule has 1 N–H and O–H groups in total. The van der Waals surface area contributed by atoms with Gasteiger partial charge in [0.25, 0.3) is 5.91 Å². The number of carbonyl (C=O) groups is 1. The zero-order valence-corrected chi connectivity index (χ0v) is 17.4. The Morgan fingerprint density at radius 2 is 1.96 bits per heavy atom. The van der Waals surface area contributed by atoms with Crippen molar-refractivity contribution in [2.45, 2.75) is 30.7 Å². The summed E-state index contributed by atoms with van der Waals surface area (Å²) in [5.74, 6) is 0.204. The molecule has 0 radical (unpaired) electrons. The number of halogens is 1. The van der Waals surface area contributed by atoms with Crippen LogP contribution in [0.1, 0.15) is 28.8 Å². The predicted octanol–water partition coefficient (Wildman–Crippen LogP) is 3.24. The van der Waals surface area contributed by atoms with Crippen LogP contribution in [0.15, 0.2) is 47.4 Å². The average Bonchev–Trinajstić information content (AvgIpc) is 2.70. The standard InChI is InChI=1S/C20H23ClN2O4S/c1-14-17(21)9-5-11-19(14)28(25,26)23-12-6-7-15(13-23)22-20(24)16-8-3-4-10-18(16)27-2/h3-5,8-11,15H,6-7,12-13H2,1-2H3,(H,22,24)/t15-/m0/s1. The Morgan fingerprint density at radius 3 is 2.71 bits per heavy atom. The third kappa shape index (κ3) is 4.16. The molecule has 1 fully saturated rings. The van der Waals surface area contributed by atoms with Gasteiger partial charge in [-0.1, -0.05) is 29.8 Å². The monoisotopic (exact) mass is 422 g/mol. The predicted molar refractivity (Wildman–Crippen MR) is 108 cm³/mol. The number of carbonyl (C=O) groups excluding carboxylic acids is 1. The fraction of sp³-hybridized carbons (Fsp3) is 0.350. The molecule has 3 rings (SSSR count). The Kier molecular flexibility index (Phi) is 6.27. The first-order valence-electron chi connectivity index (χ1n) is 9.03. The lowest BCUT2D eigenvalue weighted by Crippen LogP contribution is -2.49. The summed E-state index contributed by atoms with van der Waals surface area (Å²) < 4.78 is 32.8. The smallest absolute Gasteiger partial charge is 0.255 e. The van der Waals surface area contributed by atoms with Gasteiger partial charge in [-0.2, -0.15) is 4.31 Å². The number of hydrogen-bond acceptors (Lipinski definition) is 4. The number of sulfonamides is 1. The second kappa shape index (κ2) is 8.51. The van der Waals surface area contributed by atoms with Gasteiger partial charge in [0.05, 0.1) is 17.6 Å². The highest BCUT2D eigenvalue weighted by molar-refractivity contribution is 7.89. The van der Waals surface area contributed by atoms with Crippen LogP contribution in [-0.2, 0) is 10.0 Å². The Labute approximate surface area is 170 Å². The van der Waals surface area contributed by atoms with Crippen molar-refractivity contribution < 1.29 is 17.9 Å². The quantitative estimate of drug-likeness (QED) is 0.802. The maximum Gasteiger partial charge on any atom is 0.255 e. The van der Waals surface area contributed by atoms with Gasteiger partial charge < -0.3 is 10.1 Å². The van der Waals surface area contributed by atoms with Crippen LogP contribution < -0.4 is 10.1 Å². The molecule has 150 valence electrons. The highest BCUT2D eigenvalue weighted by Gasteiger charge is 2.32. The van der Waals surface area contributed by atoms with Crippen LogP contribution >= 0.6 is 11.6 Å². The molecule has 1 saturated heterocycles. The molecular weight excluding hydrogens is 400 g/mol. The maximum absolute atomic E-state index is 13.1. The minimum Gasteiger partial charge on any atom is -0.496 e. The van der Waals surface area contributed by atoms with Crippen molar-refractivity contribution in [3.05, 3.63) is 58.6 Å². The van der Waals surface area contributed by atoms with Crippen LogP contribution in [0.4, 0.5) is 0 Å². The van der Waals surface area contributed by atoms with Crippen LogP contribution in [0.3, 0.4) is 0 Å². The van der Waals surface area contributed by atoms with Crippen molar-refractivity contribution in [2.75, 3.05) is 20.2 Å². The van der Waals surface area contributed by atoms with Crippen LogP contribution in [0, 0.1) is 6.92 Å². The number of methoxy groups -OCH3 is 1. The summed E-state index contributed by atoms with van der Waals surface area (Å²) in [4.78, 5) is 12.8. The molecule has 0 aromatic heterocycles. The minimum atomic E-state index is -3.69. The van der Waals surface area contributed by atoms with Crippen LogP contribution in [0.5, 0.6) is 5.75 Å². The highest BCUT2D eigenvalue weighted by Crippen LogP contribution is 2.27. The van der Waals surface area contributed by atoms with E-state index >= 15 is 0 Å². The van der Waals surface area contributed by atoms with Gasteiger partial charge in [0.1, 0.15) is 5.75 Å². The molecule has 28 heavy (non-hydrogen) atoms. The number of rotatable bonds is 5. The van der Waals surface area contributed by atoms with E-state index in [1.807, 2.05) is 0 Å². The fourth-order valence-corrected chi connectivity index (χ4v) is 5.38. The number of ether oxygens (including phenoxy) is 1. The minimum absolute atomic E-state index is 0.205. The lowest BCUT2D eigenvalue weighted by atomic mass is 10.1. The number of benzene rings is 2. The third-order valence-corrected chi connectivity index (χ3v) is 7.33. The normalized spacial score (nSPS) is 17.9. The van der Waals surface area contributed by atoms with Crippen LogP contribution in [0.25, 0.3) is 0 Å². The molecule has 0 saturated carbocycles. The first-order valence-corrected chi connectivity index (χ1v) is 10.9. The number of nitrogens with zero attached hydrogens (tertiary/aromatic N) is 1. The molecule has 2 aromatic carbocycles. The number of para-hydroxylation sites is 1. The first-order chi connectivity index (χ1) is 13.3. The summed E-state index contributed by atoms with van der Waals surface area (Å²) in [5.41, 5.74) is 0.958. The van der Waals surface area contributed by atoms with Crippen molar-refractivity contribution in [1.29, 1.82) is 0 Å². The summed E-state index contributed by atoms with van der Waals surface area (Å²) in [7, 11) is -2.18. The van der Waals surface area contributed by atoms with Gasteiger partial charge in [-0.25, -0.2) is 8.42 Å². The lowest BCUT2D eigenvalue weighted by molar-refractivity contribution is 0.0918. The van der Waals surface area contributed by atoms with Crippen LogP contribution in [-0.4, -0.2) is 44.9 Å². The lowest BCUT2D eigenvalue weighted by Gasteiger charge is -2.32. The third-order valence-electron chi connectivity index (χ3n) is 4.91. The zero-order chi connectivity index (χ0) is 20.3. The molecule has 0 bridgehead atoms. The Balaban J connectivity index is 1.77. The van der Waals surface area contributed by atoms with Gasteiger partial charge in [-0.05, 0) is 49.6 Å². The molecule has 2 aromatic rings. The largest absolute Gasteiger partial charge is 0.496 e. The molecule has 1 atom stereocenters. The summed E-state index contributed by atoms with van der Waals surface area (Å²) >= 11 is 6.10. The average molecular weight is 423 g/mol. The van der Waals surface area contributed by atoms with E-state index < -0.39 is 10.0 Å². The van der Waals surface area contributed by atoms with Gasteiger partial charge in [-0.3, -0.25) is 4.79 Å². The number of hydrogen-bond donors (Lipinski definition) is 1. The molecule has 0 spiro atoms. The van der Waals surface area contributed by atoms with E-state index in [0.29, 0.717) is 41.3 Å². The van der Waals surface area contributed by atoms with Crippen molar-refractivity contribution >= 4 is 27.5 Å². The molecule has 0 unspecified atom stereocenters. The summed E-state index contributed by atoms with van der Waals surface area (Å²) in [6.07, 6.45) is 1.37. The van der Waals surface area contributed by atoms with E-state index in [-0.39, 0.29) is 23.4 Å². The second-order valence-electron chi connectivity index (χ2n) is 6.74. The molecular formula is C20H23ClN2O4S. The number of nitrogens with one attached hydrogen (secondary N) is 1. The molecule has 0 aliphatic carbocycles. The summed E-state index contributed by atoms with van der Waals surface area (Å²) in [6.45, 7) is 2.32. The maximum atomic E-state index is 13.1. The van der Waals surface area contributed by atoms with E-state index in [2.05, 4.69) is 5.32 Å².